The molecule has 2 heterocycles. The Hall–Kier alpha value is -3.02. The smallest absolute Gasteiger partial charge is 0.261 e. The number of hydrogen-bond acceptors (Lipinski definition) is 4. The molecule has 0 bridgehead atoms. The highest BCUT2D eigenvalue weighted by atomic mass is 16.2. The van der Waals surface area contributed by atoms with Gasteiger partial charge in [-0.2, -0.15) is 0 Å². The van der Waals surface area contributed by atoms with Gasteiger partial charge in [0.2, 0.25) is 0 Å². The molecule has 176 valence electrons. The minimum Gasteiger partial charge on any atom is -0.271 e. The molecule has 2 fully saturated rings. The zero-order valence-corrected chi connectivity index (χ0v) is 19.8. The normalized spacial score (nSPS) is 29.2. The molecule has 2 aliphatic carbocycles. The van der Waals surface area contributed by atoms with Gasteiger partial charge >= 0.3 is 0 Å². The van der Waals surface area contributed by atoms with Crippen LogP contribution in [0, 0.1) is 11.8 Å². The lowest BCUT2D eigenvalue weighted by Crippen LogP contribution is -2.50. The molecule has 2 aliphatic heterocycles. The lowest BCUT2D eigenvalue weighted by atomic mass is 9.81. The Kier molecular flexibility index (Phi) is 4.91. The van der Waals surface area contributed by atoms with E-state index in [2.05, 4.69) is 13.8 Å². The third-order valence-corrected chi connectivity index (χ3v) is 8.66. The zero-order valence-electron chi connectivity index (χ0n) is 19.8. The maximum atomic E-state index is 13.6. The molecular formula is C28H30N2O4. The highest BCUT2D eigenvalue weighted by Crippen LogP contribution is 2.41. The molecular weight excluding hydrogens is 428 g/mol. The molecule has 2 aromatic rings. The first kappa shape index (κ1) is 21.5. The number of benzene rings is 2. The molecule has 34 heavy (non-hydrogen) atoms. The summed E-state index contributed by atoms with van der Waals surface area (Å²) in [5.41, 5.74) is 1.70. The maximum absolute atomic E-state index is 13.6. The molecule has 6 heteroatoms. The van der Waals surface area contributed by atoms with Crippen LogP contribution < -0.4 is 0 Å². The minimum absolute atomic E-state index is 0.0980. The Balaban J connectivity index is 1.44. The monoisotopic (exact) mass is 458 g/mol. The van der Waals surface area contributed by atoms with Gasteiger partial charge in [0.1, 0.15) is 0 Å². The summed E-state index contributed by atoms with van der Waals surface area (Å²) in [4.78, 5) is 57.1. The number of rotatable bonds is 2. The zero-order chi connectivity index (χ0) is 23.7. The van der Waals surface area contributed by atoms with E-state index in [0.29, 0.717) is 44.9 Å². The molecule has 4 aliphatic rings. The van der Waals surface area contributed by atoms with E-state index in [1.807, 2.05) is 0 Å². The largest absolute Gasteiger partial charge is 0.271 e. The summed E-state index contributed by atoms with van der Waals surface area (Å²) >= 11 is 0. The van der Waals surface area contributed by atoms with Crippen molar-refractivity contribution in [2.75, 3.05) is 0 Å². The van der Waals surface area contributed by atoms with E-state index in [9.17, 15) is 19.2 Å². The van der Waals surface area contributed by atoms with Crippen LogP contribution in [0.25, 0.3) is 10.8 Å². The predicted octanol–water partition coefficient (Wildman–Crippen LogP) is 5.19. The van der Waals surface area contributed by atoms with Gasteiger partial charge in [-0.1, -0.05) is 13.8 Å². The Morgan fingerprint density at radius 3 is 1.03 bits per heavy atom. The minimum atomic E-state index is -0.302. The summed E-state index contributed by atoms with van der Waals surface area (Å²) in [5.74, 6) is 0.0111. The lowest BCUT2D eigenvalue weighted by molar-refractivity contribution is 0.0466. The van der Waals surface area contributed by atoms with Crippen LogP contribution in [0.4, 0.5) is 0 Å². The molecule has 0 aromatic heterocycles. The van der Waals surface area contributed by atoms with Gasteiger partial charge < -0.3 is 0 Å². The van der Waals surface area contributed by atoms with Gasteiger partial charge in [0, 0.05) is 45.1 Å². The topological polar surface area (TPSA) is 74.8 Å². The molecule has 2 aromatic carbocycles. The summed E-state index contributed by atoms with van der Waals surface area (Å²) in [6.07, 6.45) is 7.28. The second-order valence-corrected chi connectivity index (χ2v) is 10.9. The lowest BCUT2D eigenvalue weighted by Gasteiger charge is -2.39. The molecule has 0 spiro atoms. The fourth-order valence-electron chi connectivity index (χ4n) is 6.58. The third-order valence-electron chi connectivity index (χ3n) is 8.66. The number of carbonyl (C=O) groups is 4. The fraction of sp³-hybridized carbons (Fsp3) is 0.500. The van der Waals surface area contributed by atoms with Crippen molar-refractivity contribution in [2.45, 2.75) is 77.3 Å². The molecule has 0 atom stereocenters. The van der Waals surface area contributed by atoms with Gasteiger partial charge in [0.25, 0.3) is 23.6 Å². The van der Waals surface area contributed by atoms with Gasteiger partial charge in [-0.15, -0.1) is 0 Å². The van der Waals surface area contributed by atoms with Crippen molar-refractivity contribution in [3.05, 3.63) is 46.5 Å². The second-order valence-electron chi connectivity index (χ2n) is 10.9. The third kappa shape index (κ3) is 3.00. The first-order valence-electron chi connectivity index (χ1n) is 12.7. The van der Waals surface area contributed by atoms with Gasteiger partial charge in [-0.05, 0) is 87.5 Å². The Labute approximate surface area is 199 Å². The molecule has 6 nitrogen and oxygen atoms in total. The summed E-state index contributed by atoms with van der Waals surface area (Å²) in [7, 11) is 0. The van der Waals surface area contributed by atoms with E-state index >= 15 is 0 Å². The standard InChI is InChI=1S/C28H30N2O4/c1-15-3-7-17(8-4-15)29-25(31)19-11-13-21-24-22(14-12-20(23(19)24)26(29)32)28(34)30(27(21)33)18-9-5-16(2)6-10-18/h11-18H,3-10H2,1-2H3/t15-,16?,17-,18?. The van der Waals surface area contributed by atoms with Gasteiger partial charge in [0.05, 0.1) is 0 Å². The van der Waals surface area contributed by atoms with Crippen LogP contribution in [0.15, 0.2) is 24.3 Å². The van der Waals surface area contributed by atoms with E-state index in [4.69, 9.17) is 0 Å². The van der Waals surface area contributed by atoms with E-state index < -0.39 is 0 Å². The average molecular weight is 459 g/mol. The molecule has 0 unspecified atom stereocenters. The van der Waals surface area contributed by atoms with Crippen LogP contribution >= 0.6 is 0 Å². The number of carbonyl (C=O) groups excluding carboxylic acids is 4. The van der Waals surface area contributed by atoms with E-state index in [1.165, 1.54) is 9.80 Å². The summed E-state index contributed by atoms with van der Waals surface area (Å²) in [6.45, 7) is 4.41. The highest BCUT2D eigenvalue weighted by Gasteiger charge is 2.43. The first-order valence-corrected chi connectivity index (χ1v) is 12.7. The van der Waals surface area contributed by atoms with Crippen molar-refractivity contribution in [2.24, 2.45) is 11.8 Å². The molecule has 6 rings (SSSR count). The van der Waals surface area contributed by atoms with E-state index in [1.54, 1.807) is 24.3 Å². The number of hydrogen-bond donors (Lipinski definition) is 0. The van der Waals surface area contributed by atoms with Crippen molar-refractivity contribution in [1.29, 1.82) is 0 Å². The van der Waals surface area contributed by atoms with Crippen molar-refractivity contribution >= 4 is 34.4 Å². The second kappa shape index (κ2) is 7.76. The van der Waals surface area contributed by atoms with E-state index in [0.717, 1.165) is 51.4 Å². The van der Waals surface area contributed by atoms with Crippen LogP contribution in [0.2, 0.25) is 0 Å². The molecule has 0 saturated heterocycles. The van der Waals surface area contributed by atoms with Crippen LogP contribution in [-0.4, -0.2) is 45.5 Å². The molecule has 4 amide bonds. The first-order chi connectivity index (χ1) is 16.4. The van der Waals surface area contributed by atoms with Crippen molar-refractivity contribution in [1.82, 2.24) is 9.80 Å². The summed E-state index contributed by atoms with van der Waals surface area (Å²) in [5, 5.41) is 0.952. The maximum Gasteiger partial charge on any atom is 0.261 e. The van der Waals surface area contributed by atoms with Gasteiger partial charge in [0.15, 0.2) is 0 Å². The van der Waals surface area contributed by atoms with Crippen LogP contribution in [0.3, 0.4) is 0 Å². The van der Waals surface area contributed by atoms with Crippen LogP contribution in [-0.2, 0) is 0 Å². The summed E-state index contributed by atoms with van der Waals surface area (Å²) in [6, 6.07) is 6.55. The van der Waals surface area contributed by atoms with Crippen molar-refractivity contribution < 1.29 is 19.2 Å². The van der Waals surface area contributed by atoms with Crippen molar-refractivity contribution in [3.63, 3.8) is 0 Å². The molecule has 2 saturated carbocycles. The predicted molar refractivity (Wildman–Crippen MR) is 128 cm³/mol. The number of nitrogens with zero attached hydrogens (tertiary/aromatic N) is 2. The van der Waals surface area contributed by atoms with Crippen molar-refractivity contribution in [3.8, 4) is 0 Å². The van der Waals surface area contributed by atoms with E-state index in [-0.39, 0.29) is 35.7 Å². The Morgan fingerprint density at radius 2 is 0.765 bits per heavy atom. The fourth-order valence-corrected chi connectivity index (χ4v) is 6.58. The quantitative estimate of drug-likeness (QED) is 0.581. The van der Waals surface area contributed by atoms with Crippen LogP contribution in [0.1, 0.15) is 107 Å². The highest BCUT2D eigenvalue weighted by molar-refractivity contribution is 6.33. The summed E-state index contributed by atoms with van der Waals surface area (Å²) < 4.78 is 0. The Bertz CT molecular complexity index is 1080. The average Bonchev–Trinajstić information content (AvgIpc) is 2.83. The molecule has 0 radical (unpaired) electrons. The number of amides is 4. The SMILES string of the molecule is CC1CCC(N2C(=O)c3ccc4c5c(ccc(c35)C2=O)C(=O)N([C@H]2CC[C@H](C)CC2)C4=O)CC1. The molecule has 0 N–H and O–H groups in total. The van der Waals surface area contributed by atoms with Gasteiger partial charge in [-0.25, -0.2) is 0 Å². The van der Waals surface area contributed by atoms with Crippen LogP contribution in [0.5, 0.6) is 0 Å². The number of imide groups is 2. The van der Waals surface area contributed by atoms with Gasteiger partial charge in [-0.3, -0.25) is 29.0 Å². The Morgan fingerprint density at radius 1 is 0.500 bits per heavy atom.